The summed E-state index contributed by atoms with van der Waals surface area (Å²) in [6.45, 7) is -0.568. The molecule has 0 aliphatic carbocycles. The minimum atomic E-state index is -3.00. The number of nitrogens with one attached hydrogen (secondary N) is 1. The van der Waals surface area contributed by atoms with Crippen LogP contribution < -0.4 is 5.32 Å². The number of anilines is 1. The smallest absolute Gasteiger partial charge is 0.316 e. The fourth-order valence-electron chi connectivity index (χ4n) is 2.04. The van der Waals surface area contributed by atoms with Crippen molar-refractivity contribution in [3.8, 4) is 0 Å². The zero-order valence-electron chi connectivity index (χ0n) is 12.5. The second-order valence-corrected chi connectivity index (χ2v) is 8.69. The first kappa shape index (κ1) is 18.7. The van der Waals surface area contributed by atoms with E-state index in [1.165, 1.54) is 17.8 Å². The monoisotopic (exact) mass is 379 g/mol. The number of amides is 1. The number of carbonyl (C=O) groups is 2. The zero-order valence-corrected chi connectivity index (χ0v) is 14.1. The Hall–Kier alpha value is -1.68. The van der Waals surface area contributed by atoms with E-state index in [0.29, 0.717) is 6.42 Å². The number of rotatable bonds is 6. The van der Waals surface area contributed by atoms with Gasteiger partial charge >= 0.3 is 5.97 Å². The summed E-state index contributed by atoms with van der Waals surface area (Å²) in [5.41, 5.74) is 0.0421. The molecular formula is C14H15F2NO5S2. The summed E-state index contributed by atoms with van der Waals surface area (Å²) in [5, 5.41) is 2.12. The molecule has 24 heavy (non-hydrogen) atoms. The lowest BCUT2D eigenvalue weighted by atomic mass is 10.3. The minimum Gasteiger partial charge on any atom is -0.455 e. The molecule has 1 heterocycles. The van der Waals surface area contributed by atoms with Crippen LogP contribution in [0, 0.1) is 11.6 Å². The maximum absolute atomic E-state index is 13.0. The molecule has 2 rings (SSSR count). The average molecular weight is 379 g/mol. The number of hydrogen-bond acceptors (Lipinski definition) is 6. The van der Waals surface area contributed by atoms with Gasteiger partial charge in [0.2, 0.25) is 0 Å². The third-order valence-electron chi connectivity index (χ3n) is 3.20. The van der Waals surface area contributed by atoms with Crippen LogP contribution in [0.15, 0.2) is 18.2 Å². The van der Waals surface area contributed by atoms with Crippen LogP contribution in [0.4, 0.5) is 14.5 Å². The summed E-state index contributed by atoms with van der Waals surface area (Å²) in [6, 6.07) is 2.85. The fourth-order valence-corrected chi connectivity index (χ4v) is 5.48. The predicted molar refractivity (Wildman–Crippen MR) is 85.5 cm³/mol. The Morgan fingerprint density at radius 2 is 2.04 bits per heavy atom. The number of halogens is 2. The Balaban J connectivity index is 1.69. The summed E-state index contributed by atoms with van der Waals surface area (Å²) in [7, 11) is -3.00. The molecule has 0 unspecified atom stereocenters. The van der Waals surface area contributed by atoms with Gasteiger partial charge in [-0.05, 0) is 18.6 Å². The molecule has 6 nitrogen and oxygen atoms in total. The van der Waals surface area contributed by atoms with Crippen molar-refractivity contribution >= 4 is 39.2 Å². The van der Waals surface area contributed by atoms with E-state index in [-0.39, 0.29) is 28.2 Å². The zero-order chi connectivity index (χ0) is 17.7. The summed E-state index contributed by atoms with van der Waals surface area (Å²) < 4.78 is 53.1. The molecular weight excluding hydrogens is 364 g/mol. The normalized spacial score (nSPS) is 19.0. The van der Waals surface area contributed by atoms with Crippen LogP contribution in [-0.4, -0.2) is 49.4 Å². The Morgan fingerprint density at radius 3 is 2.67 bits per heavy atom. The highest BCUT2D eigenvalue weighted by Gasteiger charge is 2.28. The third-order valence-corrected chi connectivity index (χ3v) is 6.45. The van der Waals surface area contributed by atoms with Gasteiger partial charge in [-0.3, -0.25) is 9.59 Å². The van der Waals surface area contributed by atoms with Crippen LogP contribution >= 0.6 is 11.8 Å². The van der Waals surface area contributed by atoms with Crippen LogP contribution in [-0.2, 0) is 24.2 Å². The van der Waals surface area contributed by atoms with E-state index in [1.807, 2.05) is 0 Å². The second-order valence-electron chi connectivity index (χ2n) is 5.17. The first-order valence-electron chi connectivity index (χ1n) is 6.98. The lowest BCUT2D eigenvalue weighted by Gasteiger charge is -2.08. The number of carbonyl (C=O) groups excluding carboxylic acids is 2. The highest BCUT2D eigenvalue weighted by molar-refractivity contribution is 8.02. The maximum Gasteiger partial charge on any atom is 0.316 e. The van der Waals surface area contributed by atoms with Gasteiger partial charge in [0.05, 0.1) is 17.3 Å². The van der Waals surface area contributed by atoms with Crippen LogP contribution in [0.2, 0.25) is 0 Å². The first-order chi connectivity index (χ1) is 11.2. The van der Waals surface area contributed by atoms with Crippen molar-refractivity contribution in [3.05, 3.63) is 29.8 Å². The van der Waals surface area contributed by atoms with Gasteiger partial charge in [0.15, 0.2) is 28.1 Å². The van der Waals surface area contributed by atoms with Crippen molar-refractivity contribution < 1.29 is 31.5 Å². The van der Waals surface area contributed by atoms with Crippen molar-refractivity contribution in [1.82, 2.24) is 0 Å². The Kier molecular flexibility index (Phi) is 6.16. The van der Waals surface area contributed by atoms with Gasteiger partial charge in [-0.25, -0.2) is 17.2 Å². The van der Waals surface area contributed by atoms with Gasteiger partial charge in [-0.1, -0.05) is 0 Å². The van der Waals surface area contributed by atoms with Crippen molar-refractivity contribution in [1.29, 1.82) is 0 Å². The Labute approximate surface area is 141 Å². The molecule has 10 heteroatoms. The number of benzene rings is 1. The molecule has 0 radical (unpaired) electrons. The average Bonchev–Trinajstić information content (AvgIpc) is 2.86. The molecule has 1 aromatic rings. The van der Waals surface area contributed by atoms with Gasteiger partial charge in [-0.2, -0.15) is 0 Å². The number of sulfone groups is 1. The standard InChI is InChI=1S/C14H15F2NO5S2/c15-11-2-1-9(5-12(11)16)17-13(18)6-22-14(19)7-23-10-3-4-24(20,21)8-10/h1-2,5,10H,3-4,6-8H2,(H,17,18)/t10-/m0/s1. The van der Waals surface area contributed by atoms with Crippen molar-refractivity contribution in [3.63, 3.8) is 0 Å². The number of ether oxygens (including phenoxy) is 1. The molecule has 1 aliphatic rings. The number of thioether (sulfide) groups is 1. The van der Waals surface area contributed by atoms with Crippen LogP contribution in [0.1, 0.15) is 6.42 Å². The van der Waals surface area contributed by atoms with E-state index in [1.54, 1.807) is 0 Å². The Bertz CT molecular complexity index is 739. The highest BCUT2D eigenvalue weighted by Crippen LogP contribution is 2.24. The van der Waals surface area contributed by atoms with Gasteiger partial charge in [0.25, 0.3) is 5.91 Å². The molecule has 132 valence electrons. The van der Waals surface area contributed by atoms with Gasteiger partial charge < -0.3 is 10.1 Å². The molecule has 0 spiro atoms. The summed E-state index contributed by atoms with van der Waals surface area (Å²) in [5.74, 6) is -3.37. The largest absolute Gasteiger partial charge is 0.455 e. The van der Waals surface area contributed by atoms with Gasteiger partial charge in [-0.15, -0.1) is 11.8 Å². The molecule has 1 N–H and O–H groups in total. The lowest BCUT2D eigenvalue weighted by molar-refractivity contribution is -0.144. The molecule has 1 amide bonds. The minimum absolute atomic E-state index is 0.0421. The Morgan fingerprint density at radius 1 is 1.29 bits per heavy atom. The van der Waals surface area contributed by atoms with Crippen molar-refractivity contribution in [2.45, 2.75) is 11.7 Å². The summed E-state index contributed by atoms with van der Waals surface area (Å²) >= 11 is 1.18. The first-order valence-corrected chi connectivity index (χ1v) is 9.85. The molecule has 1 atom stereocenters. The lowest BCUT2D eigenvalue weighted by Crippen LogP contribution is -2.22. The quantitative estimate of drug-likeness (QED) is 0.751. The topological polar surface area (TPSA) is 89.5 Å². The van der Waals surface area contributed by atoms with E-state index in [9.17, 15) is 26.8 Å². The maximum atomic E-state index is 13.0. The highest BCUT2D eigenvalue weighted by atomic mass is 32.2. The van der Waals surface area contributed by atoms with Crippen molar-refractivity contribution in [2.24, 2.45) is 0 Å². The van der Waals surface area contributed by atoms with E-state index < -0.39 is 40.0 Å². The molecule has 0 saturated carbocycles. The van der Waals surface area contributed by atoms with Crippen LogP contribution in [0.25, 0.3) is 0 Å². The summed E-state index contributed by atoms with van der Waals surface area (Å²) in [4.78, 5) is 23.1. The van der Waals surface area contributed by atoms with E-state index in [0.717, 1.165) is 12.1 Å². The molecule has 1 aromatic carbocycles. The van der Waals surface area contributed by atoms with Crippen molar-refractivity contribution in [2.75, 3.05) is 29.2 Å². The molecule has 0 aromatic heterocycles. The van der Waals surface area contributed by atoms with Crippen LogP contribution in [0.3, 0.4) is 0 Å². The number of esters is 1. The SMILES string of the molecule is O=C(COC(=O)CS[C@H]1CCS(=O)(=O)C1)Nc1ccc(F)c(F)c1. The van der Waals surface area contributed by atoms with Gasteiger partial charge in [0, 0.05) is 17.0 Å². The molecule has 1 aliphatic heterocycles. The molecule has 0 bridgehead atoms. The van der Waals surface area contributed by atoms with Crippen LogP contribution in [0.5, 0.6) is 0 Å². The third kappa shape index (κ3) is 5.75. The predicted octanol–water partition coefficient (Wildman–Crippen LogP) is 1.37. The summed E-state index contributed by atoms with van der Waals surface area (Å²) in [6.07, 6.45) is 0.497. The van der Waals surface area contributed by atoms with E-state index in [4.69, 9.17) is 4.74 Å². The number of hydrogen-bond donors (Lipinski definition) is 1. The van der Waals surface area contributed by atoms with Gasteiger partial charge in [0.1, 0.15) is 0 Å². The fraction of sp³-hybridized carbons (Fsp3) is 0.429. The second kappa shape index (κ2) is 7.93. The molecule has 1 fully saturated rings. The van der Waals surface area contributed by atoms with E-state index in [2.05, 4.69) is 5.32 Å². The molecule has 1 saturated heterocycles. The van der Waals surface area contributed by atoms with E-state index >= 15 is 0 Å².